The Hall–Kier alpha value is -2.02. The lowest BCUT2D eigenvalue weighted by Crippen LogP contribution is -2.08. The standard InChI is InChI=1S/C11H14ClN5O2/c1-3-7-9(12)8(16(2)14-7)5-17-4-6(13)10(15-17)11(18)19/h4H,3,5,13H2,1-2H3,(H,18,19). The van der Waals surface area contributed by atoms with Gasteiger partial charge < -0.3 is 10.8 Å². The fraction of sp³-hybridized carbons (Fsp3) is 0.364. The Morgan fingerprint density at radius 2 is 2.21 bits per heavy atom. The first-order valence-electron chi connectivity index (χ1n) is 5.70. The third kappa shape index (κ3) is 2.41. The molecule has 0 amide bonds. The highest BCUT2D eigenvalue weighted by Gasteiger charge is 2.17. The molecule has 0 fully saturated rings. The van der Waals surface area contributed by atoms with E-state index in [0.717, 1.165) is 17.8 Å². The average Bonchev–Trinajstić information content (AvgIpc) is 2.84. The third-order valence-corrected chi connectivity index (χ3v) is 3.24. The summed E-state index contributed by atoms with van der Waals surface area (Å²) in [5.74, 6) is -1.15. The van der Waals surface area contributed by atoms with E-state index >= 15 is 0 Å². The van der Waals surface area contributed by atoms with Crippen LogP contribution in [0.1, 0.15) is 28.8 Å². The second-order valence-corrected chi connectivity index (χ2v) is 4.50. The van der Waals surface area contributed by atoms with Crippen LogP contribution >= 0.6 is 11.6 Å². The maximum absolute atomic E-state index is 10.9. The molecule has 0 saturated heterocycles. The Balaban J connectivity index is 2.34. The summed E-state index contributed by atoms with van der Waals surface area (Å²) < 4.78 is 3.11. The smallest absolute Gasteiger partial charge is 0.358 e. The molecule has 0 atom stereocenters. The lowest BCUT2D eigenvalue weighted by molar-refractivity contribution is 0.0690. The summed E-state index contributed by atoms with van der Waals surface area (Å²) in [5, 5.41) is 17.7. The Morgan fingerprint density at radius 1 is 1.53 bits per heavy atom. The van der Waals surface area contributed by atoms with Gasteiger partial charge in [-0.05, 0) is 6.42 Å². The van der Waals surface area contributed by atoms with Crippen molar-refractivity contribution in [3.8, 4) is 0 Å². The normalized spacial score (nSPS) is 10.9. The number of carbonyl (C=O) groups is 1. The molecule has 0 spiro atoms. The Labute approximate surface area is 114 Å². The first kappa shape index (κ1) is 13.4. The molecule has 0 unspecified atom stereocenters. The van der Waals surface area contributed by atoms with Crippen LogP contribution in [-0.2, 0) is 20.0 Å². The molecule has 0 aromatic carbocycles. The second-order valence-electron chi connectivity index (χ2n) is 4.12. The van der Waals surface area contributed by atoms with E-state index in [9.17, 15) is 4.79 Å². The fourth-order valence-corrected chi connectivity index (χ4v) is 2.18. The number of anilines is 1. The topological polar surface area (TPSA) is 99.0 Å². The summed E-state index contributed by atoms with van der Waals surface area (Å²) in [7, 11) is 1.78. The van der Waals surface area contributed by atoms with Gasteiger partial charge in [0.2, 0.25) is 0 Å². The van der Waals surface area contributed by atoms with Crippen LogP contribution in [0.5, 0.6) is 0 Å². The summed E-state index contributed by atoms with van der Waals surface area (Å²) in [6, 6.07) is 0. The van der Waals surface area contributed by atoms with Gasteiger partial charge >= 0.3 is 5.97 Å². The van der Waals surface area contributed by atoms with Crippen molar-refractivity contribution in [2.24, 2.45) is 7.05 Å². The zero-order chi connectivity index (χ0) is 14.2. The first-order chi connectivity index (χ1) is 8.93. The number of aromatic nitrogens is 4. The summed E-state index contributed by atoms with van der Waals surface area (Å²) in [6.45, 7) is 2.28. The highest BCUT2D eigenvalue weighted by atomic mass is 35.5. The van der Waals surface area contributed by atoms with Gasteiger partial charge in [0.15, 0.2) is 5.69 Å². The summed E-state index contributed by atoms with van der Waals surface area (Å²) >= 11 is 6.22. The van der Waals surface area contributed by atoms with Crippen LogP contribution < -0.4 is 5.73 Å². The Kier molecular flexibility index (Phi) is 3.48. The summed E-state index contributed by atoms with van der Waals surface area (Å²) in [4.78, 5) is 10.9. The number of carboxylic acids is 1. The quantitative estimate of drug-likeness (QED) is 0.877. The number of halogens is 1. The molecule has 0 saturated carbocycles. The van der Waals surface area contributed by atoms with Gasteiger partial charge in [-0.2, -0.15) is 10.2 Å². The van der Waals surface area contributed by atoms with E-state index in [2.05, 4.69) is 10.2 Å². The number of aryl methyl sites for hydroxylation is 2. The number of aromatic carboxylic acids is 1. The van der Waals surface area contributed by atoms with Crippen LogP contribution in [0.4, 0.5) is 5.69 Å². The maximum Gasteiger partial charge on any atom is 0.358 e. The molecule has 7 nitrogen and oxygen atoms in total. The van der Waals surface area contributed by atoms with Gasteiger partial charge in [0.1, 0.15) is 0 Å². The van der Waals surface area contributed by atoms with Crippen molar-refractivity contribution >= 4 is 23.3 Å². The predicted octanol–water partition coefficient (Wildman–Crippen LogP) is 1.16. The van der Waals surface area contributed by atoms with Crippen molar-refractivity contribution < 1.29 is 9.90 Å². The van der Waals surface area contributed by atoms with E-state index in [1.165, 1.54) is 10.9 Å². The molecule has 0 bridgehead atoms. The zero-order valence-electron chi connectivity index (χ0n) is 10.6. The van der Waals surface area contributed by atoms with E-state index in [-0.39, 0.29) is 11.4 Å². The third-order valence-electron chi connectivity index (χ3n) is 2.81. The minimum atomic E-state index is -1.15. The summed E-state index contributed by atoms with van der Waals surface area (Å²) in [5.41, 5.74) is 7.12. The number of rotatable bonds is 4. The van der Waals surface area contributed by atoms with Crippen molar-refractivity contribution in [2.45, 2.75) is 19.9 Å². The minimum Gasteiger partial charge on any atom is -0.476 e. The molecule has 19 heavy (non-hydrogen) atoms. The number of hydrogen-bond acceptors (Lipinski definition) is 4. The van der Waals surface area contributed by atoms with Crippen molar-refractivity contribution in [3.63, 3.8) is 0 Å². The molecular formula is C11H14ClN5O2. The van der Waals surface area contributed by atoms with Crippen molar-refractivity contribution in [1.29, 1.82) is 0 Å². The van der Waals surface area contributed by atoms with Crippen LogP contribution in [-0.4, -0.2) is 30.6 Å². The van der Waals surface area contributed by atoms with E-state index in [4.69, 9.17) is 22.4 Å². The SMILES string of the molecule is CCc1nn(C)c(Cn2cc(N)c(C(=O)O)n2)c1Cl. The van der Waals surface area contributed by atoms with Crippen LogP contribution in [0.3, 0.4) is 0 Å². The molecule has 2 rings (SSSR count). The monoisotopic (exact) mass is 283 g/mol. The van der Waals surface area contributed by atoms with Gasteiger partial charge in [0.05, 0.1) is 28.6 Å². The first-order valence-corrected chi connectivity index (χ1v) is 6.08. The number of nitrogens with zero attached hydrogens (tertiary/aromatic N) is 4. The molecule has 2 aromatic heterocycles. The van der Waals surface area contributed by atoms with E-state index < -0.39 is 5.97 Å². The van der Waals surface area contributed by atoms with Crippen LogP contribution in [0.15, 0.2) is 6.20 Å². The fourth-order valence-electron chi connectivity index (χ4n) is 1.83. The van der Waals surface area contributed by atoms with Crippen LogP contribution in [0, 0.1) is 0 Å². The lowest BCUT2D eigenvalue weighted by atomic mass is 10.3. The van der Waals surface area contributed by atoms with Gasteiger partial charge in [-0.15, -0.1) is 0 Å². The van der Waals surface area contributed by atoms with E-state index in [0.29, 0.717) is 11.6 Å². The van der Waals surface area contributed by atoms with Crippen molar-refractivity contribution in [2.75, 3.05) is 5.73 Å². The molecule has 0 radical (unpaired) electrons. The number of carboxylic acid groups (broad SMARTS) is 1. The van der Waals surface area contributed by atoms with Crippen LogP contribution in [0.2, 0.25) is 5.02 Å². The highest BCUT2D eigenvalue weighted by molar-refractivity contribution is 6.31. The van der Waals surface area contributed by atoms with E-state index in [1.54, 1.807) is 11.7 Å². The maximum atomic E-state index is 10.9. The molecule has 3 N–H and O–H groups in total. The predicted molar refractivity (Wildman–Crippen MR) is 70.3 cm³/mol. The van der Waals surface area contributed by atoms with Crippen molar-refractivity contribution in [3.05, 3.63) is 28.3 Å². The number of hydrogen-bond donors (Lipinski definition) is 2. The van der Waals surface area contributed by atoms with Crippen molar-refractivity contribution in [1.82, 2.24) is 19.6 Å². The number of nitrogens with two attached hydrogens (primary N) is 1. The highest BCUT2D eigenvalue weighted by Crippen LogP contribution is 2.22. The average molecular weight is 284 g/mol. The largest absolute Gasteiger partial charge is 0.476 e. The molecule has 2 heterocycles. The van der Waals surface area contributed by atoms with Gasteiger partial charge in [0, 0.05) is 13.2 Å². The van der Waals surface area contributed by atoms with Gasteiger partial charge in [-0.1, -0.05) is 18.5 Å². The zero-order valence-corrected chi connectivity index (χ0v) is 11.3. The lowest BCUT2D eigenvalue weighted by Gasteiger charge is -2.02. The molecule has 0 aliphatic carbocycles. The molecule has 0 aliphatic heterocycles. The molecule has 2 aromatic rings. The van der Waals surface area contributed by atoms with Crippen LogP contribution in [0.25, 0.3) is 0 Å². The van der Waals surface area contributed by atoms with Gasteiger partial charge in [-0.3, -0.25) is 9.36 Å². The Morgan fingerprint density at radius 3 is 2.68 bits per heavy atom. The molecule has 102 valence electrons. The van der Waals surface area contributed by atoms with E-state index in [1.807, 2.05) is 6.92 Å². The molecular weight excluding hydrogens is 270 g/mol. The molecule has 0 aliphatic rings. The summed E-state index contributed by atoms with van der Waals surface area (Å²) in [6.07, 6.45) is 2.20. The second kappa shape index (κ2) is 4.93. The minimum absolute atomic E-state index is 0.126. The van der Waals surface area contributed by atoms with Gasteiger partial charge in [0.25, 0.3) is 0 Å². The number of nitrogen functional groups attached to an aromatic ring is 1. The van der Waals surface area contributed by atoms with Gasteiger partial charge in [-0.25, -0.2) is 4.79 Å². The molecule has 8 heteroatoms. The Bertz CT molecular complexity index is 631.